The lowest BCUT2D eigenvalue weighted by Crippen LogP contribution is -2.44. The van der Waals surface area contributed by atoms with Crippen LogP contribution in [0.25, 0.3) is 0 Å². The highest BCUT2D eigenvalue weighted by Gasteiger charge is 2.33. The highest BCUT2D eigenvalue weighted by molar-refractivity contribution is 7.10. The van der Waals surface area contributed by atoms with Crippen molar-refractivity contribution in [2.75, 3.05) is 56.9 Å². The first kappa shape index (κ1) is 43.7. The van der Waals surface area contributed by atoms with Gasteiger partial charge < -0.3 is 29.6 Å². The van der Waals surface area contributed by atoms with Crippen molar-refractivity contribution >= 4 is 57.9 Å². The fourth-order valence-electron chi connectivity index (χ4n) is 6.07. The van der Waals surface area contributed by atoms with Crippen molar-refractivity contribution in [1.82, 2.24) is 10.6 Å². The summed E-state index contributed by atoms with van der Waals surface area (Å²) >= 11 is 14.0. The number of hydrogen-bond donors (Lipinski definition) is 2. The van der Waals surface area contributed by atoms with Crippen LogP contribution >= 0.6 is 34.5 Å². The van der Waals surface area contributed by atoms with Gasteiger partial charge in [0.2, 0.25) is 11.8 Å². The van der Waals surface area contributed by atoms with Crippen molar-refractivity contribution in [1.29, 1.82) is 0 Å². The second-order valence-corrected chi connectivity index (χ2v) is 14.9. The van der Waals surface area contributed by atoms with Gasteiger partial charge in [-0.25, -0.2) is 0 Å². The Balaban J connectivity index is 0.990. The highest BCUT2D eigenvalue weighted by atomic mass is 35.5. The standard InChI is InChI=1S/C44H49Cl2N3O7S/c45-31-41(50)49(42(40-14-9-29-57-40)44(52)47-22-21-33-10-5-4-6-11-33)36-19-20-39(38(46)30-36)55-28-27-54-26-25-53-24-23-48-43(51)35-17-15-34(16-18-35)32-56-37-12-7-2-1-3-8-13-37/h4-6,9-11,14-20,29-30,37,42H,1-3,7,12,21-28,31-32H2,(H,47,52)(H,48,51). The first-order valence-corrected chi connectivity index (χ1v) is 21.0. The van der Waals surface area contributed by atoms with Crippen LogP contribution in [0.15, 0.2) is 90.3 Å². The molecule has 2 atom stereocenters. The van der Waals surface area contributed by atoms with E-state index in [0.717, 1.165) is 36.8 Å². The number of thiophene rings is 1. The van der Waals surface area contributed by atoms with Gasteiger partial charge in [0.25, 0.3) is 5.91 Å². The van der Waals surface area contributed by atoms with Gasteiger partial charge in [-0.2, -0.15) is 0 Å². The molecule has 0 saturated carbocycles. The smallest absolute Gasteiger partial charge is 0.251 e. The number of nitrogens with one attached hydrogen (secondary N) is 2. The van der Waals surface area contributed by atoms with Crippen LogP contribution in [0.3, 0.4) is 0 Å². The van der Waals surface area contributed by atoms with Gasteiger partial charge in [-0.3, -0.25) is 19.3 Å². The Kier molecular flexibility index (Phi) is 18.7. The number of benzene rings is 3. The Hall–Kier alpha value is -4.41. The third kappa shape index (κ3) is 14.5. The van der Waals surface area contributed by atoms with E-state index >= 15 is 0 Å². The zero-order valence-corrected chi connectivity index (χ0v) is 34.2. The second-order valence-electron chi connectivity index (χ2n) is 13.2. The third-order valence-electron chi connectivity index (χ3n) is 9.04. The molecule has 4 aromatic rings. The van der Waals surface area contributed by atoms with Crippen LogP contribution in [0.4, 0.5) is 5.69 Å². The molecule has 3 amide bonds. The number of carbonyl (C=O) groups is 3. The largest absolute Gasteiger partial charge is 0.490 e. The molecular weight excluding hydrogens is 785 g/mol. The van der Waals surface area contributed by atoms with Gasteiger partial charge in [-0.05, 0) is 78.6 Å². The zero-order valence-electron chi connectivity index (χ0n) is 31.9. The molecule has 0 radical (unpaired) electrons. The zero-order chi connectivity index (χ0) is 40.1. The number of carbonyl (C=O) groups excluding carboxylic acids is 3. The lowest BCUT2D eigenvalue weighted by atomic mass is 10.1. The first-order chi connectivity index (χ1) is 27.9. The van der Waals surface area contributed by atoms with E-state index in [2.05, 4.69) is 22.5 Å². The molecule has 302 valence electrons. The van der Waals surface area contributed by atoms with Crippen molar-refractivity contribution < 1.29 is 33.3 Å². The summed E-state index contributed by atoms with van der Waals surface area (Å²) in [6.45, 7) is 2.77. The summed E-state index contributed by atoms with van der Waals surface area (Å²) in [5, 5.41) is 7.97. The minimum Gasteiger partial charge on any atom is -0.490 e. The maximum absolute atomic E-state index is 13.6. The predicted octanol–water partition coefficient (Wildman–Crippen LogP) is 7.77. The van der Waals surface area contributed by atoms with E-state index in [1.807, 2.05) is 60.0 Å². The summed E-state index contributed by atoms with van der Waals surface area (Å²) in [6, 6.07) is 24.9. The van der Waals surface area contributed by atoms with Crippen molar-refractivity contribution in [3.05, 3.63) is 117 Å². The molecular formula is C44H49Cl2N3O7S. The third-order valence-corrected chi connectivity index (χ3v) is 10.5. The monoisotopic (exact) mass is 833 g/mol. The number of ether oxygens (including phenoxy) is 4. The van der Waals surface area contributed by atoms with E-state index in [0.29, 0.717) is 67.8 Å². The fourth-order valence-corrected chi connectivity index (χ4v) is 7.24. The minimum atomic E-state index is -0.943. The molecule has 2 unspecified atom stereocenters. The molecule has 1 aliphatic carbocycles. The van der Waals surface area contributed by atoms with Gasteiger partial charge in [0, 0.05) is 35.6 Å². The van der Waals surface area contributed by atoms with Crippen LogP contribution in [0.2, 0.25) is 5.02 Å². The number of halogens is 2. The lowest BCUT2D eigenvalue weighted by Gasteiger charge is -2.30. The molecule has 0 saturated heterocycles. The number of anilines is 1. The number of nitrogens with zero attached hydrogens (tertiary/aromatic N) is 1. The average molecular weight is 835 g/mol. The summed E-state index contributed by atoms with van der Waals surface area (Å²) in [4.78, 5) is 41.5. The van der Waals surface area contributed by atoms with E-state index < -0.39 is 11.9 Å². The van der Waals surface area contributed by atoms with Gasteiger partial charge >= 0.3 is 0 Å². The molecule has 2 N–H and O–H groups in total. The predicted molar refractivity (Wildman–Crippen MR) is 225 cm³/mol. The molecule has 1 heterocycles. The highest BCUT2D eigenvalue weighted by Crippen LogP contribution is 2.35. The Morgan fingerprint density at radius 1 is 0.842 bits per heavy atom. The first-order valence-electron chi connectivity index (χ1n) is 19.2. The maximum atomic E-state index is 13.6. The second kappa shape index (κ2) is 24.4. The van der Waals surface area contributed by atoms with Crippen LogP contribution in [0.1, 0.15) is 64.5 Å². The van der Waals surface area contributed by atoms with E-state index in [4.69, 9.17) is 42.1 Å². The van der Waals surface area contributed by atoms with E-state index in [-0.39, 0.29) is 42.0 Å². The Morgan fingerprint density at radius 2 is 1.63 bits per heavy atom. The van der Waals surface area contributed by atoms with Crippen LogP contribution in [-0.2, 0) is 36.8 Å². The van der Waals surface area contributed by atoms with Crippen molar-refractivity contribution in [2.24, 2.45) is 0 Å². The number of hydrogen-bond acceptors (Lipinski definition) is 8. The van der Waals surface area contributed by atoms with Crippen molar-refractivity contribution in [3.8, 4) is 17.6 Å². The number of alkyl halides is 1. The molecule has 1 aliphatic rings. The quantitative estimate of drug-likeness (QED) is 0.0473. The molecule has 0 spiro atoms. The molecule has 5 rings (SSSR count). The lowest BCUT2D eigenvalue weighted by molar-refractivity contribution is -0.125. The van der Waals surface area contributed by atoms with Crippen LogP contribution in [0, 0.1) is 11.8 Å². The number of rotatable bonds is 22. The van der Waals surface area contributed by atoms with Crippen LogP contribution in [0.5, 0.6) is 5.75 Å². The summed E-state index contributed by atoms with van der Waals surface area (Å²) < 4.78 is 23.1. The topological polar surface area (TPSA) is 115 Å². The molecule has 10 nitrogen and oxygen atoms in total. The summed E-state index contributed by atoms with van der Waals surface area (Å²) in [7, 11) is 0. The average Bonchev–Trinajstić information content (AvgIpc) is 3.75. The van der Waals surface area contributed by atoms with E-state index in [1.165, 1.54) is 22.7 Å². The SMILES string of the molecule is O=C(NCCOCCOCCOc1ccc(N(C(=O)CCl)C(C(=O)NCCc2ccccc2)c2cccs2)cc1Cl)c1ccc(COC2C#CCCCCC2)cc1. The van der Waals surface area contributed by atoms with Gasteiger partial charge in [0.05, 0.1) is 38.1 Å². The molecule has 3 aromatic carbocycles. The molecule has 0 bridgehead atoms. The summed E-state index contributed by atoms with van der Waals surface area (Å²) in [5.41, 5.74) is 3.08. The minimum absolute atomic E-state index is 0.0287. The van der Waals surface area contributed by atoms with Crippen molar-refractivity contribution in [3.63, 3.8) is 0 Å². The van der Waals surface area contributed by atoms with Gasteiger partial charge in [0.1, 0.15) is 30.4 Å². The molecule has 13 heteroatoms. The van der Waals surface area contributed by atoms with Crippen LogP contribution in [-0.4, -0.2) is 75.8 Å². The van der Waals surface area contributed by atoms with Gasteiger partial charge in [-0.15, -0.1) is 28.9 Å². The normalized spacial score (nSPS) is 14.3. The van der Waals surface area contributed by atoms with Crippen LogP contribution < -0.4 is 20.3 Å². The van der Waals surface area contributed by atoms with Gasteiger partial charge in [0.15, 0.2) is 0 Å². The summed E-state index contributed by atoms with van der Waals surface area (Å²) in [6.07, 6.45) is 6.01. The molecule has 0 fully saturated rings. The summed E-state index contributed by atoms with van der Waals surface area (Å²) in [5.74, 6) is 5.55. The Labute approximate surface area is 349 Å². The maximum Gasteiger partial charge on any atom is 0.251 e. The number of amides is 3. The van der Waals surface area contributed by atoms with E-state index in [1.54, 1.807) is 30.3 Å². The molecule has 0 aliphatic heterocycles. The van der Waals surface area contributed by atoms with Gasteiger partial charge in [-0.1, -0.05) is 72.5 Å². The molecule has 57 heavy (non-hydrogen) atoms. The fraction of sp³-hybridized carbons (Fsp3) is 0.386. The van der Waals surface area contributed by atoms with Crippen molar-refractivity contribution in [2.45, 2.75) is 57.3 Å². The Bertz CT molecular complexity index is 1900. The molecule has 1 aromatic heterocycles. The van der Waals surface area contributed by atoms with E-state index in [9.17, 15) is 14.4 Å². The Morgan fingerprint density at radius 3 is 2.39 bits per heavy atom.